The molecule has 30 heavy (non-hydrogen) atoms. The summed E-state index contributed by atoms with van der Waals surface area (Å²) < 4.78 is 11.2. The molecule has 0 saturated heterocycles. The lowest BCUT2D eigenvalue weighted by molar-refractivity contribution is -0.117. The van der Waals surface area contributed by atoms with E-state index in [0.29, 0.717) is 17.1 Å². The van der Waals surface area contributed by atoms with Crippen LogP contribution in [0.3, 0.4) is 0 Å². The molecular formula is C22H21N3O5. The van der Waals surface area contributed by atoms with Crippen molar-refractivity contribution in [3.05, 3.63) is 76.6 Å². The summed E-state index contributed by atoms with van der Waals surface area (Å²) in [6.07, 6.45) is 0. The average molecular weight is 407 g/mol. The van der Waals surface area contributed by atoms with Gasteiger partial charge in [0.1, 0.15) is 12.3 Å². The van der Waals surface area contributed by atoms with Crippen LogP contribution >= 0.6 is 0 Å². The van der Waals surface area contributed by atoms with Gasteiger partial charge in [-0.25, -0.2) is 9.48 Å². The molecule has 0 bridgehead atoms. The summed E-state index contributed by atoms with van der Waals surface area (Å²) in [7, 11) is 1.58. The van der Waals surface area contributed by atoms with E-state index in [4.69, 9.17) is 9.47 Å². The van der Waals surface area contributed by atoms with Crippen molar-refractivity contribution in [3.63, 3.8) is 0 Å². The van der Waals surface area contributed by atoms with Crippen LogP contribution in [0.1, 0.15) is 17.3 Å². The standard InChI is InChI=1S/C22H21N3O5/c1-3-30-22(28)17-6-4-5-7-19(17)23-20(26)14-25-21(27)13-12-18(24-25)15-8-10-16(29-2)11-9-15/h4-13H,3,14H2,1-2H3,(H,23,26). The Kier molecular flexibility index (Phi) is 6.59. The summed E-state index contributed by atoms with van der Waals surface area (Å²) in [4.78, 5) is 36.8. The summed E-state index contributed by atoms with van der Waals surface area (Å²) >= 11 is 0. The number of nitrogens with one attached hydrogen (secondary N) is 1. The van der Waals surface area contributed by atoms with Crippen molar-refractivity contribution in [1.29, 1.82) is 0 Å². The molecule has 1 heterocycles. The zero-order chi connectivity index (χ0) is 21.5. The summed E-state index contributed by atoms with van der Waals surface area (Å²) in [5.74, 6) is -0.329. The van der Waals surface area contributed by atoms with Gasteiger partial charge in [-0.15, -0.1) is 0 Å². The Balaban J connectivity index is 1.79. The van der Waals surface area contributed by atoms with E-state index in [2.05, 4.69) is 10.4 Å². The minimum Gasteiger partial charge on any atom is -0.497 e. The first kappa shape index (κ1) is 20.8. The molecule has 0 unspecified atom stereocenters. The van der Waals surface area contributed by atoms with Crippen LogP contribution < -0.4 is 15.6 Å². The van der Waals surface area contributed by atoms with Gasteiger partial charge in [-0.3, -0.25) is 9.59 Å². The molecule has 0 fully saturated rings. The largest absolute Gasteiger partial charge is 0.497 e. The van der Waals surface area contributed by atoms with E-state index in [9.17, 15) is 14.4 Å². The zero-order valence-electron chi connectivity index (χ0n) is 16.6. The lowest BCUT2D eigenvalue weighted by Gasteiger charge is -2.11. The maximum atomic E-state index is 12.5. The van der Waals surface area contributed by atoms with Crippen LogP contribution in [0.2, 0.25) is 0 Å². The van der Waals surface area contributed by atoms with Crippen LogP contribution in [0.15, 0.2) is 65.5 Å². The number of carbonyl (C=O) groups is 2. The van der Waals surface area contributed by atoms with Crippen molar-refractivity contribution >= 4 is 17.6 Å². The summed E-state index contributed by atoms with van der Waals surface area (Å²) in [6.45, 7) is 1.62. The highest BCUT2D eigenvalue weighted by Crippen LogP contribution is 2.20. The molecule has 3 rings (SSSR count). The summed E-state index contributed by atoms with van der Waals surface area (Å²) in [5.41, 5.74) is 1.44. The number of esters is 1. The second-order valence-corrected chi connectivity index (χ2v) is 6.26. The molecule has 0 atom stereocenters. The van der Waals surface area contributed by atoms with Gasteiger partial charge in [0.25, 0.3) is 5.56 Å². The summed E-state index contributed by atoms with van der Waals surface area (Å²) in [5, 5.41) is 6.92. The van der Waals surface area contributed by atoms with Gasteiger partial charge in [-0.05, 0) is 49.4 Å². The fourth-order valence-electron chi connectivity index (χ4n) is 2.78. The van der Waals surface area contributed by atoms with E-state index in [1.165, 1.54) is 6.07 Å². The molecule has 8 heteroatoms. The van der Waals surface area contributed by atoms with E-state index in [1.807, 2.05) is 12.1 Å². The molecule has 2 aromatic carbocycles. The number of benzene rings is 2. The van der Waals surface area contributed by atoms with Gasteiger partial charge in [0.05, 0.1) is 30.7 Å². The van der Waals surface area contributed by atoms with E-state index in [0.717, 1.165) is 10.2 Å². The maximum absolute atomic E-state index is 12.5. The molecule has 0 saturated carbocycles. The topological polar surface area (TPSA) is 99.5 Å². The van der Waals surface area contributed by atoms with E-state index in [-0.39, 0.29) is 18.7 Å². The van der Waals surface area contributed by atoms with Gasteiger partial charge in [0.15, 0.2) is 0 Å². The van der Waals surface area contributed by atoms with Crippen LogP contribution in [0, 0.1) is 0 Å². The smallest absolute Gasteiger partial charge is 0.340 e. The Hall–Kier alpha value is -3.94. The molecule has 0 aliphatic heterocycles. The highest BCUT2D eigenvalue weighted by molar-refractivity contribution is 6.01. The van der Waals surface area contributed by atoms with Crippen LogP contribution in [0.4, 0.5) is 5.69 Å². The Morgan fingerprint density at radius 3 is 2.47 bits per heavy atom. The third-order valence-corrected chi connectivity index (χ3v) is 4.24. The number of hydrogen-bond donors (Lipinski definition) is 1. The first-order valence-corrected chi connectivity index (χ1v) is 9.30. The molecule has 0 radical (unpaired) electrons. The number of nitrogens with zero attached hydrogens (tertiary/aromatic N) is 2. The number of anilines is 1. The predicted octanol–water partition coefficient (Wildman–Crippen LogP) is 2.73. The lowest BCUT2D eigenvalue weighted by Crippen LogP contribution is -2.29. The number of hydrogen-bond acceptors (Lipinski definition) is 6. The molecule has 1 N–H and O–H groups in total. The number of ether oxygens (including phenoxy) is 2. The summed E-state index contributed by atoms with van der Waals surface area (Å²) in [6, 6.07) is 16.6. The molecular weight excluding hydrogens is 386 g/mol. The molecule has 1 amide bonds. The first-order chi connectivity index (χ1) is 14.5. The molecule has 8 nitrogen and oxygen atoms in total. The number of amides is 1. The van der Waals surface area contributed by atoms with Crippen molar-refractivity contribution in [1.82, 2.24) is 9.78 Å². The zero-order valence-corrected chi connectivity index (χ0v) is 16.6. The fourth-order valence-corrected chi connectivity index (χ4v) is 2.78. The van der Waals surface area contributed by atoms with Crippen LogP contribution in [0.25, 0.3) is 11.3 Å². The van der Waals surface area contributed by atoms with Gasteiger partial charge in [-0.2, -0.15) is 5.10 Å². The van der Waals surface area contributed by atoms with Gasteiger partial charge in [0.2, 0.25) is 5.91 Å². The Labute approximate surface area is 173 Å². The molecule has 0 aliphatic carbocycles. The van der Waals surface area contributed by atoms with E-state index < -0.39 is 17.4 Å². The average Bonchev–Trinajstić information content (AvgIpc) is 2.76. The van der Waals surface area contributed by atoms with Crippen LogP contribution in [-0.4, -0.2) is 35.4 Å². The van der Waals surface area contributed by atoms with Gasteiger partial charge in [0, 0.05) is 11.6 Å². The van der Waals surface area contributed by atoms with Crippen LogP contribution in [-0.2, 0) is 16.1 Å². The van der Waals surface area contributed by atoms with Gasteiger partial charge >= 0.3 is 5.97 Å². The Morgan fingerprint density at radius 2 is 1.77 bits per heavy atom. The Morgan fingerprint density at radius 1 is 1.03 bits per heavy atom. The molecule has 0 spiro atoms. The number of methoxy groups -OCH3 is 1. The second-order valence-electron chi connectivity index (χ2n) is 6.26. The second kappa shape index (κ2) is 9.51. The SMILES string of the molecule is CCOC(=O)c1ccccc1NC(=O)Cn1nc(-c2ccc(OC)cc2)ccc1=O. The first-order valence-electron chi connectivity index (χ1n) is 9.30. The number of para-hydroxylation sites is 1. The minimum atomic E-state index is -0.537. The molecule has 0 aliphatic rings. The van der Waals surface area contributed by atoms with Gasteiger partial charge in [-0.1, -0.05) is 12.1 Å². The van der Waals surface area contributed by atoms with Crippen molar-refractivity contribution in [2.75, 3.05) is 19.0 Å². The highest BCUT2D eigenvalue weighted by atomic mass is 16.5. The number of rotatable bonds is 7. The highest BCUT2D eigenvalue weighted by Gasteiger charge is 2.15. The third-order valence-electron chi connectivity index (χ3n) is 4.24. The normalized spacial score (nSPS) is 10.3. The fraction of sp³-hybridized carbons (Fsp3) is 0.182. The lowest BCUT2D eigenvalue weighted by atomic mass is 10.1. The van der Waals surface area contributed by atoms with E-state index >= 15 is 0 Å². The monoisotopic (exact) mass is 407 g/mol. The molecule has 3 aromatic rings. The predicted molar refractivity (Wildman–Crippen MR) is 112 cm³/mol. The van der Waals surface area contributed by atoms with Crippen molar-refractivity contribution in [2.45, 2.75) is 13.5 Å². The number of aromatic nitrogens is 2. The maximum Gasteiger partial charge on any atom is 0.340 e. The van der Waals surface area contributed by atoms with E-state index in [1.54, 1.807) is 56.5 Å². The molecule has 1 aromatic heterocycles. The van der Waals surface area contributed by atoms with Crippen molar-refractivity contribution < 1.29 is 19.1 Å². The Bertz CT molecular complexity index is 1110. The molecule has 154 valence electrons. The third kappa shape index (κ3) is 4.91. The minimum absolute atomic E-state index is 0.221. The van der Waals surface area contributed by atoms with Gasteiger partial charge < -0.3 is 14.8 Å². The number of carbonyl (C=O) groups excluding carboxylic acids is 2. The van der Waals surface area contributed by atoms with Crippen LogP contribution in [0.5, 0.6) is 5.75 Å². The van der Waals surface area contributed by atoms with Crippen molar-refractivity contribution in [2.24, 2.45) is 0 Å². The quantitative estimate of drug-likeness (QED) is 0.605. The van der Waals surface area contributed by atoms with Crippen molar-refractivity contribution in [3.8, 4) is 17.0 Å².